The molecule has 1 N–H and O–H groups in total. The Morgan fingerprint density at radius 3 is 2.24 bits per heavy atom. The van der Waals surface area contributed by atoms with Crippen LogP contribution in [0.5, 0.6) is 5.75 Å². The van der Waals surface area contributed by atoms with Crippen molar-refractivity contribution in [3.8, 4) is 18.1 Å². The number of nitrogens with one attached hydrogen (secondary N) is 1. The molecule has 0 aliphatic carbocycles. The Balaban J connectivity index is 2.14. The third kappa shape index (κ3) is 4.85. The van der Waals surface area contributed by atoms with Crippen LogP contribution in [0, 0.1) is 12.3 Å². The Hall–Kier alpha value is -2.78. The van der Waals surface area contributed by atoms with Crippen LogP contribution in [0.4, 0.5) is 0 Å². The van der Waals surface area contributed by atoms with Gasteiger partial charge in [0.05, 0.1) is 6.54 Å². The summed E-state index contributed by atoms with van der Waals surface area (Å²) in [5.41, 5.74) is 1.41. The van der Waals surface area contributed by atoms with Crippen LogP contribution < -0.4 is 9.50 Å². The van der Waals surface area contributed by atoms with E-state index in [1.54, 1.807) is 12.1 Å². The van der Waals surface area contributed by atoms with Gasteiger partial charge in [0.15, 0.2) is 0 Å². The molecular formula is C19H19NO4S. The smallest absolute Gasteiger partial charge is 0.339 e. The second kappa shape index (κ2) is 7.86. The van der Waals surface area contributed by atoms with E-state index in [0.29, 0.717) is 11.5 Å². The number of hydrogen-bond donors (Lipinski definition) is 1. The molecule has 6 heteroatoms. The van der Waals surface area contributed by atoms with Gasteiger partial charge in [-0.25, -0.2) is 0 Å². The Morgan fingerprint density at radius 2 is 1.72 bits per heavy atom. The highest BCUT2D eigenvalue weighted by atomic mass is 32.2. The molecule has 0 bridgehead atoms. The molecule has 0 aliphatic rings. The fourth-order valence-electron chi connectivity index (χ4n) is 2.09. The fourth-order valence-corrected chi connectivity index (χ4v) is 3.02. The summed E-state index contributed by atoms with van der Waals surface area (Å²) in [7, 11) is -3.97. The van der Waals surface area contributed by atoms with Crippen LogP contribution in [0.15, 0.2) is 53.4 Å². The minimum absolute atomic E-state index is 0.0334. The van der Waals surface area contributed by atoms with Gasteiger partial charge >= 0.3 is 10.1 Å². The molecule has 0 aliphatic heterocycles. The maximum absolute atomic E-state index is 12.3. The number of benzene rings is 2. The summed E-state index contributed by atoms with van der Waals surface area (Å²) in [4.78, 5) is 11.7. The number of rotatable bonds is 6. The molecule has 130 valence electrons. The van der Waals surface area contributed by atoms with Crippen molar-refractivity contribution in [2.75, 3.05) is 6.54 Å². The molecule has 0 unspecified atom stereocenters. The molecule has 25 heavy (non-hydrogen) atoms. The van der Waals surface area contributed by atoms with Gasteiger partial charge in [0.2, 0.25) is 0 Å². The van der Waals surface area contributed by atoms with Gasteiger partial charge < -0.3 is 9.50 Å². The van der Waals surface area contributed by atoms with E-state index < -0.39 is 10.1 Å². The predicted molar refractivity (Wildman–Crippen MR) is 96.0 cm³/mol. The third-order valence-corrected chi connectivity index (χ3v) is 4.77. The van der Waals surface area contributed by atoms with E-state index in [2.05, 4.69) is 11.2 Å². The molecule has 0 aromatic heterocycles. The zero-order chi connectivity index (χ0) is 18.4. The maximum atomic E-state index is 12.3. The lowest BCUT2D eigenvalue weighted by molar-refractivity contribution is 0.0958. The van der Waals surface area contributed by atoms with Gasteiger partial charge in [-0.1, -0.05) is 31.9 Å². The summed E-state index contributed by atoms with van der Waals surface area (Å²) in [6.07, 6.45) is 5.07. The van der Waals surface area contributed by atoms with Crippen molar-refractivity contribution in [3.63, 3.8) is 0 Å². The van der Waals surface area contributed by atoms with E-state index >= 15 is 0 Å². The second-order valence-electron chi connectivity index (χ2n) is 5.67. The maximum Gasteiger partial charge on any atom is 0.339 e. The summed E-state index contributed by atoms with van der Waals surface area (Å²) < 4.78 is 29.8. The summed E-state index contributed by atoms with van der Waals surface area (Å²) >= 11 is 0. The van der Waals surface area contributed by atoms with Gasteiger partial charge in [-0.3, -0.25) is 4.79 Å². The zero-order valence-corrected chi connectivity index (χ0v) is 14.8. The molecule has 1 amide bonds. The number of amides is 1. The number of carbonyl (C=O) groups is 1. The van der Waals surface area contributed by atoms with E-state index in [-0.39, 0.29) is 23.1 Å². The van der Waals surface area contributed by atoms with Gasteiger partial charge in [0.25, 0.3) is 5.91 Å². The molecule has 0 fully saturated rings. The Morgan fingerprint density at radius 1 is 1.12 bits per heavy atom. The molecule has 0 saturated carbocycles. The van der Waals surface area contributed by atoms with E-state index in [1.807, 2.05) is 26.0 Å². The Kier molecular flexibility index (Phi) is 5.84. The van der Waals surface area contributed by atoms with E-state index in [4.69, 9.17) is 10.6 Å². The Bertz CT molecular complexity index is 877. The van der Waals surface area contributed by atoms with Gasteiger partial charge in [0.1, 0.15) is 10.6 Å². The first-order valence-corrected chi connectivity index (χ1v) is 9.10. The highest BCUT2D eigenvalue weighted by molar-refractivity contribution is 7.87. The highest BCUT2D eigenvalue weighted by Gasteiger charge is 2.17. The second-order valence-corrected chi connectivity index (χ2v) is 7.22. The molecule has 0 spiro atoms. The van der Waals surface area contributed by atoms with Crippen LogP contribution in [0.25, 0.3) is 0 Å². The molecular weight excluding hydrogens is 338 g/mol. The van der Waals surface area contributed by atoms with Crippen LogP contribution in [-0.2, 0) is 10.1 Å². The van der Waals surface area contributed by atoms with Crippen molar-refractivity contribution in [2.45, 2.75) is 24.7 Å². The van der Waals surface area contributed by atoms with E-state index in [9.17, 15) is 13.2 Å². The first-order chi connectivity index (χ1) is 11.8. The largest absolute Gasteiger partial charge is 0.379 e. The summed E-state index contributed by atoms with van der Waals surface area (Å²) in [6, 6.07) is 12.4. The monoisotopic (exact) mass is 357 g/mol. The first kappa shape index (κ1) is 18.6. The van der Waals surface area contributed by atoms with Crippen LogP contribution in [0.1, 0.15) is 35.7 Å². The molecule has 0 radical (unpaired) electrons. The van der Waals surface area contributed by atoms with Gasteiger partial charge in [-0.05, 0) is 47.9 Å². The molecule has 2 aromatic rings. The molecule has 0 heterocycles. The number of carbonyl (C=O) groups excluding carboxylic acids is 1. The van der Waals surface area contributed by atoms with Crippen molar-refractivity contribution in [3.05, 3.63) is 59.7 Å². The van der Waals surface area contributed by atoms with Crippen LogP contribution >= 0.6 is 0 Å². The standard InChI is InChI=1S/C19H19NO4S/c1-4-13-20-19(21)16-7-11-18(12-8-16)25(22,23)24-17-9-5-15(6-10-17)14(2)3/h1,5-12,14H,13H2,2-3H3,(H,20,21). The molecule has 2 rings (SSSR count). The summed E-state index contributed by atoms with van der Waals surface area (Å²) in [6.45, 7) is 4.20. The average Bonchev–Trinajstić information content (AvgIpc) is 2.60. The zero-order valence-electron chi connectivity index (χ0n) is 14.0. The molecule has 5 nitrogen and oxygen atoms in total. The summed E-state index contributed by atoms with van der Waals surface area (Å²) in [5.74, 6) is 2.51. The normalized spacial score (nSPS) is 11.0. The SMILES string of the molecule is C#CCNC(=O)c1ccc(S(=O)(=O)Oc2ccc(C(C)C)cc2)cc1. The first-order valence-electron chi connectivity index (χ1n) is 7.69. The van der Waals surface area contributed by atoms with Crippen LogP contribution in [-0.4, -0.2) is 20.9 Å². The number of terminal acetylenes is 1. The molecule has 0 atom stereocenters. The lowest BCUT2D eigenvalue weighted by Gasteiger charge is -2.09. The van der Waals surface area contributed by atoms with Crippen LogP contribution in [0.3, 0.4) is 0 Å². The lowest BCUT2D eigenvalue weighted by atomic mass is 10.0. The highest BCUT2D eigenvalue weighted by Crippen LogP contribution is 2.22. The quantitative estimate of drug-likeness (QED) is 0.637. The van der Waals surface area contributed by atoms with Crippen molar-refractivity contribution < 1.29 is 17.4 Å². The number of hydrogen-bond acceptors (Lipinski definition) is 4. The topological polar surface area (TPSA) is 72.5 Å². The minimum atomic E-state index is -3.97. The predicted octanol–water partition coefficient (Wildman–Crippen LogP) is 2.94. The van der Waals surface area contributed by atoms with Gasteiger partial charge in [0, 0.05) is 5.56 Å². The third-order valence-electron chi connectivity index (χ3n) is 3.51. The summed E-state index contributed by atoms with van der Waals surface area (Å²) in [5, 5.41) is 2.51. The van der Waals surface area contributed by atoms with Crippen molar-refractivity contribution in [1.82, 2.24) is 5.32 Å². The average molecular weight is 357 g/mol. The minimum Gasteiger partial charge on any atom is -0.379 e. The van der Waals surface area contributed by atoms with E-state index in [0.717, 1.165) is 5.56 Å². The van der Waals surface area contributed by atoms with E-state index in [1.165, 1.54) is 24.3 Å². The fraction of sp³-hybridized carbons (Fsp3) is 0.211. The van der Waals surface area contributed by atoms with Crippen molar-refractivity contribution >= 4 is 16.0 Å². The van der Waals surface area contributed by atoms with Crippen molar-refractivity contribution in [1.29, 1.82) is 0 Å². The van der Waals surface area contributed by atoms with Crippen molar-refractivity contribution in [2.24, 2.45) is 0 Å². The van der Waals surface area contributed by atoms with Gasteiger partial charge in [-0.15, -0.1) is 6.42 Å². The molecule has 0 saturated heterocycles. The molecule has 2 aromatic carbocycles. The van der Waals surface area contributed by atoms with Crippen LogP contribution in [0.2, 0.25) is 0 Å². The Labute approximate surface area is 148 Å². The lowest BCUT2D eigenvalue weighted by Crippen LogP contribution is -2.23. The van der Waals surface area contributed by atoms with Gasteiger partial charge in [-0.2, -0.15) is 8.42 Å².